The Kier molecular flexibility index (Phi) is 9.40. The van der Waals surface area contributed by atoms with Gasteiger partial charge in [-0.3, -0.25) is 4.90 Å². The monoisotopic (exact) mass is 547 g/mol. The summed E-state index contributed by atoms with van der Waals surface area (Å²) in [5, 5.41) is 0. The quantitative estimate of drug-likeness (QED) is 0.507. The molecule has 8 nitrogen and oxygen atoms in total. The highest BCUT2D eigenvalue weighted by Gasteiger charge is 2.45. The molecule has 208 valence electrons. The topological polar surface area (TPSA) is 88.2 Å². The first-order valence-corrected chi connectivity index (χ1v) is 14.6. The summed E-state index contributed by atoms with van der Waals surface area (Å²) in [6, 6.07) is 17.7. The van der Waals surface area contributed by atoms with E-state index < -0.39 is 40.7 Å². The zero-order valence-corrected chi connectivity index (χ0v) is 23.0. The fourth-order valence-electron chi connectivity index (χ4n) is 5.41. The molecule has 2 aliphatic rings. The van der Waals surface area contributed by atoms with Crippen LogP contribution in [0.15, 0.2) is 60.7 Å². The van der Waals surface area contributed by atoms with E-state index in [2.05, 4.69) is 4.72 Å². The maximum Gasteiger partial charge on any atom is 0.410 e. The molecule has 10 heteroatoms. The SMILES string of the molecule is C[C@@H]1C[C@H](NS(=O)(=O)N(C)C)[C@H](COC2CCC(c3ccccc3)CC2F)N1C(=O)OCc1ccccc1. The first-order chi connectivity index (χ1) is 18.2. The zero-order chi connectivity index (χ0) is 27.3. The number of amides is 1. The number of ether oxygens (including phenoxy) is 2. The summed E-state index contributed by atoms with van der Waals surface area (Å²) < 4.78 is 56.0. The summed E-state index contributed by atoms with van der Waals surface area (Å²) >= 11 is 0. The molecule has 1 saturated heterocycles. The molecule has 0 radical (unpaired) electrons. The van der Waals surface area contributed by atoms with Crippen LogP contribution in [0.25, 0.3) is 0 Å². The van der Waals surface area contributed by atoms with Crippen LogP contribution in [-0.2, 0) is 26.3 Å². The van der Waals surface area contributed by atoms with Gasteiger partial charge < -0.3 is 9.47 Å². The number of hydrogen-bond donors (Lipinski definition) is 1. The van der Waals surface area contributed by atoms with Gasteiger partial charge in [-0.1, -0.05) is 60.7 Å². The molecule has 2 fully saturated rings. The van der Waals surface area contributed by atoms with Gasteiger partial charge in [-0.2, -0.15) is 17.4 Å². The number of nitrogens with one attached hydrogen (secondary N) is 1. The van der Waals surface area contributed by atoms with Crippen LogP contribution in [0, 0.1) is 0 Å². The van der Waals surface area contributed by atoms with Gasteiger partial charge in [0.25, 0.3) is 10.2 Å². The summed E-state index contributed by atoms with van der Waals surface area (Å²) in [5.41, 5.74) is 1.98. The molecular formula is C28H38FN3O5S. The van der Waals surface area contributed by atoms with E-state index in [9.17, 15) is 13.2 Å². The molecule has 38 heavy (non-hydrogen) atoms. The van der Waals surface area contributed by atoms with Gasteiger partial charge in [0.1, 0.15) is 12.8 Å². The van der Waals surface area contributed by atoms with Crippen LogP contribution >= 0.6 is 0 Å². The molecule has 3 unspecified atom stereocenters. The summed E-state index contributed by atoms with van der Waals surface area (Å²) in [7, 11) is -0.876. The van der Waals surface area contributed by atoms with Crippen LogP contribution in [0.2, 0.25) is 0 Å². The van der Waals surface area contributed by atoms with Gasteiger partial charge in [0.05, 0.1) is 18.8 Å². The molecule has 1 aliphatic carbocycles. The molecule has 1 N–H and O–H groups in total. The van der Waals surface area contributed by atoms with Crippen molar-refractivity contribution in [2.24, 2.45) is 0 Å². The van der Waals surface area contributed by atoms with Crippen molar-refractivity contribution in [1.29, 1.82) is 0 Å². The molecular weight excluding hydrogens is 509 g/mol. The van der Waals surface area contributed by atoms with Gasteiger partial charge >= 0.3 is 6.09 Å². The Hall–Kier alpha value is -2.53. The van der Waals surface area contributed by atoms with Gasteiger partial charge in [-0.25, -0.2) is 9.18 Å². The predicted molar refractivity (Wildman–Crippen MR) is 144 cm³/mol. The molecule has 0 spiro atoms. The molecule has 6 atom stereocenters. The first-order valence-electron chi connectivity index (χ1n) is 13.1. The van der Waals surface area contributed by atoms with Crippen molar-refractivity contribution in [1.82, 2.24) is 13.9 Å². The first kappa shape index (κ1) is 28.5. The van der Waals surface area contributed by atoms with E-state index in [0.717, 1.165) is 21.9 Å². The number of carbonyl (C=O) groups is 1. The highest BCUT2D eigenvalue weighted by Crippen LogP contribution is 2.36. The Labute approximate surface area is 225 Å². The Morgan fingerprint density at radius 1 is 1.05 bits per heavy atom. The van der Waals surface area contributed by atoms with E-state index in [-0.39, 0.29) is 25.2 Å². The third kappa shape index (κ3) is 6.91. The lowest BCUT2D eigenvalue weighted by Crippen LogP contribution is -2.52. The van der Waals surface area contributed by atoms with Crippen LogP contribution in [0.4, 0.5) is 9.18 Å². The number of halogens is 1. The Morgan fingerprint density at radius 2 is 1.71 bits per heavy atom. The van der Waals surface area contributed by atoms with Crippen molar-refractivity contribution in [2.45, 2.75) is 75.5 Å². The molecule has 1 amide bonds. The number of nitrogens with zero attached hydrogens (tertiary/aromatic N) is 2. The van der Waals surface area contributed by atoms with E-state index >= 15 is 4.39 Å². The number of rotatable bonds is 9. The average molecular weight is 548 g/mol. The van der Waals surface area contributed by atoms with Crippen LogP contribution in [-0.4, -0.2) is 74.8 Å². The van der Waals surface area contributed by atoms with Gasteiger partial charge in [0.2, 0.25) is 0 Å². The molecule has 0 bridgehead atoms. The van der Waals surface area contributed by atoms with Crippen molar-refractivity contribution in [3.63, 3.8) is 0 Å². The molecule has 2 aromatic carbocycles. The van der Waals surface area contributed by atoms with Crippen molar-refractivity contribution in [2.75, 3.05) is 20.7 Å². The number of benzene rings is 2. The van der Waals surface area contributed by atoms with Gasteiger partial charge in [0.15, 0.2) is 0 Å². The standard InChI is InChI=1S/C28H38FN3O5S/c1-20-16-25(30-38(34,35)31(2)3)26(32(20)28(33)37-18-21-10-6-4-7-11-21)19-36-27-15-14-23(17-24(27)29)22-12-8-5-9-13-22/h4-13,20,23-27,30H,14-19H2,1-3H3/t20-,23?,24?,25+,26+,27?/m1/s1. The highest BCUT2D eigenvalue weighted by atomic mass is 32.2. The number of hydrogen-bond acceptors (Lipinski definition) is 5. The predicted octanol–water partition coefficient (Wildman–Crippen LogP) is 4.24. The van der Waals surface area contributed by atoms with E-state index in [0.29, 0.717) is 19.3 Å². The van der Waals surface area contributed by atoms with Crippen LogP contribution < -0.4 is 4.72 Å². The maximum absolute atomic E-state index is 15.2. The van der Waals surface area contributed by atoms with E-state index in [1.54, 1.807) is 0 Å². The fourth-order valence-corrected chi connectivity index (χ4v) is 6.26. The van der Waals surface area contributed by atoms with Gasteiger partial charge in [-0.15, -0.1) is 0 Å². The van der Waals surface area contributed by atoms with Crippen molar-refractivity contribution in [3.8, 4) is 0 Å². The molecule has 1 heterocycles. The van der Waals surface area contributed by atoms with Crippen LogP contribution in [0.5, 0.6) is 0 Å². The molecule has 1 saturated carbocycles. The number of carbonyl (C=O) groups excluding carboxylic acids is 1. The van der Waals surface area contributed by atoms with Crippen molar-refractivity contribution < 1.29 is 27.1 Å². The Balaban J connectivity index is 1.44. The lowest BCUT2D eigenvalue weighted by Gasteiger charge is -2.35. The van der Waals surface area contributed by atoms with Crippen molar-refractivity contribution >= 4 is 16.3 Å². The van der Waals surface area contributed by atoms with E-state index in [1.165, 1.54) is 19.0 Å². The molecule has 2 aromatic rings. The maximum atomic E-state index is 15.2. The number of alkyl halides is 1. The third-order valence-corrected chi connectivity index (χ3v) is 9.12. The van der Waals surface area contributed by atoms with E-state index in [1.807, 2.05) is 67.6 Å². The summed E-state index contributed by atoms with van der Waals surface area (Å²) in [6.45, 7) is 1.96. The Bertz CT molecular complexity index is 1150. The minimum absolute atomic E-state index is 0.00643. The minimum Gasteiger partial charge on any atom is -0.445 e. The molecule has 0 aromatic heterocycles. The summed E-state index contributed by atoms with van der Waals surface area (Å²) in [6.07, 6.45) is -0.199. The molecule has 1 aliphatic heterocycles. The minimum atomic E-state index is -3.76. The fraction of sp³-hybridized carbons (Fsp3) is 0.536. The second kappa shape index (κ2) is 12.5. The second-order valence-corrected chi connectivity index (χ2v) is 12.3. The molecule has 4 rings (SSSR count). The lowest BCUT2D eigenvalue weighted by atomic mass is 9.81. The highest BCUT2D eigenvalue weighted by molar-refractivity contribution is 7.87. The largest absolute Gasteiger partial charge is 0.445 e. The average Bonchev–Trinajstić information content (AvgIpc) is 3.21. The smallest absolute Gasteiger partial charge is 0.410 e. The number of likely N-dealkylation sites (tertiary alicyclic amines) is 1. The van der Waals surface area contributed by atoms with E-state index in [4.69, 9.17) is 9.47 Å². The third-order valence-electron chi connectivity index (χ3n) is 7.55. The van der Waals surface area contributed by atoms with Crippen LogP contribution in [0.3, 0.4) is 0 Å². The zero-order valence-electron chi connectivity index (χ0n) is 22.2. The van der Waals surface area contributed by atoms with Gasteiger partial charge in [-0.05, 0) is 49.7 Å². The second-order valence-electron chi connectivity index (χ2n) is 10.4. The Morgan fingerprint density at radius 3 is 2.34 bits per heavy atom. The lowest BCUT2D eigenvalue weighted by molar-refractivity contribution is -0.0492. The summed E-state index contributed by atoms with van der Waals surface area (Å²) in [5.74, 6) is 0.140. The van der Waals surface area contributed by atoms with Crippen LogP contribution in [0.1, 0.15) is 49.7 Å². The normalized spacial score (nSPS) is 28.0. The van der Waals surface area contributed by atoms with Crippen molar-refractivity contribution in [3.05, 3.63) is 71.8 Å². The summed E-state index contributed by atoms with van der Waals surface area (Å²) in [4.78, 5) is 14.7. The van der Waals surface area contributed by atoms with Gasteiger partial charge in [0, 0.05) is 26.2 Å².